The number of nitrogens with zero attached hydrogens (tertiary/aromatic N) is 1. The van der Waals surface area contributed by atoms with E-state index in [0.29, 0.717) is 16.8 Å². The minimum absolute atomic E-state index is 0.215. The lowest BCUT2D eigenvalue weighted by atomic mass is 10.1. The third kappa shape index (κ3) is 7.07. The van der Waals surface area contributed by atoms with E-state index in [2.05, 4.69) is 15.8 Å². The maximum absolute atomic E-state index is 12.0. The number of benzene rings is 2. The van der Waals surface area contributed by atoms with Crippen molar-refractivity contribution < 1.29 is 24.3 Å². The standard InChI is InChI=1S/C20H22N4O5/c1-20(2,3)29-19(27)22-16-10-4-13(5-11-16)12-21-23-17(25)14-6-8-15(9-7-14)18(26)24-28/h4-12,28H,1-3H3,(H,22,27)(H,23,25)(H,24,26)/b21-12+. The van der Waals surface area contributed by atoms with E-state index in [1.54, 1.807) is 45.0 Å². The second-order valence-corrected chi connectivity index (χ2v) is 6.97. The maximum Gasteiger partial charge on any atom is 0.412 e. The second-order valence-electron chi connectivity index (χ2n) is 6.97. The second kappa shape index (κ2) is 9.47. The maximum atomic E-state index is 12.0. The first kappa shape index (κ1) is 21.6. The summed E-state index contributed by atoms with van der Waals surface area (Å²) in [5.74, 6) is -1.12. The summed E-state index contributed by atoms with van der Waals surface area (Å²) < 4.78 is 5.17. The first-order chi connectivity index (χ1) is 13.7. The van der Waals surface area contributed by atoms with Gasteiger partial charge in [0.2, 0.25) is 0 Å². The van der Waals surface area contributed by atoms with Gasteiger partial charge in [0.15, 0.2) is 0 Å². The van der Waals surface area contributed by atoms with Crippen LogP contribution in [0.2, 0.25) is 0 Å². The number of carbonyl (C=O) groups is 3. The van der Waals surface area contributed by atoms with Crippen LogP contribution in [0.3, 0.4) is 0 Å². The fraction of sp³-hybridized carbons (Fsp3) is 0.200. The van der Waals surface area contributed by atoms with Crippen molar-refractivity contribution in [1.82, 2.24) is 10.9 Å². The van der Waals surface area contributed by atoms with Crippen molar-refractivity contribution in [2.45, 2.75) is 26.4 Å². The van der Waals surface area contributed by atoms with Gasteiger partial charge < -0.3 is 4.74 Å². The zero-order valence-corrected chi connectivity index (χ0v) is 16.2. The molecular weight excluding hydrogens is 376 g/mol. The molecule has 0 aliphatic carbocycles. The van der Waals surface area contributed by atoms with Crippen molar-refractivity contribution in [2.24, 2.45) is 5.10 Å². The minimum Gasteiger partial charge on any atom is -0.444 e. The highest BCUT2D eigenvalue weighted by Gasteiger charge is 2.16. The van der Waals surface area contributed by atoms with E-state index < -0.39 is 23.5 Å². The number of amides is 3. The summed E-state index contributed by atoms with van der Waals surface area (Å²) in [5.41, 5.74) is 5.09. The molecule has 2 aromatic carbocycles. The lowest BCUT2D eigenvalue weighted by Gasteiger charge is -2.19. The molecule has 0 bridgehead atoms. The molecule has 9 nitrogen and oxygen atoms in total. The van der Waals surface area contributed by atoms with Gasteiger partial charge in [-0.25, -0.2) is 15.7 Å². The Morgan fingerprint density at radius 2 is 1.48 bits per heavy atom. The number of hydrogen-bond acceptors (Lipinski definition) is 6. The zero-order valence-electron chi connectivity index (χ0n) is 16.2. The largest absolute Gasteiger partial charge is 0.444 e. The number of hydroxylamine groups is 1. The lowest BCUT2D eigenvalue weighted by Crippen LogP contribution is -2.27. The number of hydrazone groups is 1. The lowest BCUT2D eigenvalue weighted by molar-refractivity contribution is 0.0635. The average molecular weight is 398 g/mol. The first-order valence-electron chi connectivity index (χ1n) is 8.66. The molecule has 0 radical (unpaired) electrons. The third-order valence-electron chi connectivity index (χ3n) is 3.45. The summed E-state index contributed by atoms with van der Waals surface area (Å²) in [6.07, 6.45) is 0.900. The molecule has 29 heavy (non-hydrogen) atoms. The molecule has 0 fully saturated rings. The molecule has 0 aromatic heterocycles. The molecule has 4 N–H and O–H groups in total. The Balaban J connectivity index is 1.89. The van der Waals surface area contributed by atoms with Crippen LogP contribution in [0.1, 0.15) is 47.1 Å². The van der Waals surface area contributed by atoms with Gasteiger partial charge in [0.25, 0.3) is 11.8 Å². The summed E-state index contributed by atoms with van der Waals surface area (Å²) >= 11 is 0. The Morgan fingerprint density at radius 1 is 0.931 bits per heavy atom. The minimum atomic E-state index is -0.667. The van der Waals surface area contributed by atoms with E-state index in [1.807, 2.05) is 0 Å². The fourth-order valence-corrected chi connectivity index (χ4v) is 2.14. The Labute approximate surface area is 167 Å². The van der Waals surface area contributed by atoms with Crippen LogP contribution < -0.4 is 16.2 Å². The molecule has 0 unspecified atom stereocenters. The SMILES string of the molecule is CC(C)(C)OC(=O)Nc1ccc(/C=N/NC(=O)c2ccc(C(=O)NO)cc2)cc1. The molecule has 9 heteroatoms. The Bertz CT molecular complexity index is 900. The van der Waals surface area contributed by atoms with Gasteiger partial charge in [-0.1, -0.05) is 12.1 Å². The van der Waals surface area contributed by atoms with Crippen LogP contribution in [0.25, 0.3) is 0 Å². The van der Waals surface area contributed by atoms with Crippen LogP contribution in [0.4, 0.5) is 10.5 Å². The van der Waals surface area contributed by atoms with Crippen LogP contribution in [0, 0.1) is 0 Å². The van der Waals surface area contributed by atoms with Crippen molar-refractivity contribution in [3.8, 4) is 0 Å². The van der Waals surface area contributed by atoms with Gasteiger partial charge in [0.05, 0.1) is 6.21 Å². The molecular formula is C20H22N4O5. The number of carbonyl (C=O) groups excluding carboxylic acids is 3. The molecule has 3 amide bonds. The monoisotopic (exact) mass is 398 g/mol. The van der Waals surface area contributed by atoms with Gasteiger partial charge in [-0.2, -0.15) is 5.10 Å². The summed E-state index contributed by atoms with van der Waals surface area (Å²) in [7, 11) is 0. The summed E-state index contributed by atoms with van der Waals surface area (Å²) in [5, 5.41) is 15.1. The molecule has 0 aliphatic rings. The van der Waals surface area contributed by atoms with Crippen LogP contribution in [0.15, 0.2) is 53.6 Å². The summed E-state index contributed by atoms with van der Waals surface area (Å²) in [6, 6.07) is 12.5. The van der Waals surface area contributed by atoms with E-state index in [-0.39, 0.29) is 5.56 Å². The fourth-order valence-electron chi connectivity index (χ4n) is 2.14. The van der Waals surface area contributed by atoms with Crippen LogP contribution in [0.5, 0.6) is 0 Å². The Hall–Kier alpha value is -3.72. The van der Waals surface area contributed by atoms with E-state index in [4.69, 9.17) is 9.94 Å². The molecule has 0 spiro atoms. The molecule has 2 aromatic rings. The normalized spacial score (nSPS) is 11.0. The van der Waals surface area contributed by atoms with Crippen LogP contribution >= 0.6 is 0 Å². The molecule has 0 atom stereocenters. The number of ether oxygens (including phenoxy) is 1. The number of hydrogen-bond donors (Lipinski definition) is 4. The number of nitrogens with one attached hydrogen (secondary N) is 3. The molecule has 152 valence electrons. The van der Waals surface area contributed by atoms with Crippen molar-refractivity contribution >= 4 is 29.8 Å². The molecule has 0 heterocycles. The highest BCUT2D eigenvalue weighted by Crippen LogP contribution is 2.12. The van der Waals surface area contributed by atoms with E-state index in [0.717, 1.165) is 0 Å². The molecule has 0 aliphatic heterocycles. The molecule has 0 saturated carbocycles. The van der Waals surface area contributed by atoms with Gasteiger partial charge in [-0.15, -0.1) is 0 Å². The van der Waals surface area contributed by atoms with Crippen molar-refractivity contribution in [3.05, 3.63) is 65.2 Å². The van der Waals surface area contributed by atoms with Gasteiger partial charge in [-0.05, 0) is 62.7 Å². The highest BCUT2D eigenvalue weighted by molar-refractivity contribution is 5.97. The quantitative estimate of drug-likeness (QED) is 0.350. The summed E-state index contributed by atoms with van der Waals surface area (Å²) in [6.45, 7) is 5.34. The van der Waals surface area contributed by atoms with E-state index >= 15 is 0 Å². The van der Waals surface area contributed by atoms with Crippen LogP contribution in [-0.2, 0) is 4.74 Å². The van der Waals surface area contributed by atoms with Gasteiger partial charge >= 0.3 is 6.09 Å². The predicted octanol–water partition coefficient (Wildman–Crippen LogP) is 2.92. The van der Waals surface area contributed by atoms with E-state index in [9.17, 15) is 14.4 Å². The number of anilines is 1. The zero-order chi connectivity index (χ0) is 21.4. The Kier molecular flexibility index (Phi) is 7.05. The highest BCUT2D eigenvalue weighted by atomic mass is 16.6. The Morgan fingerprint density at radius 3 is 2.00 bits per heavy atom. The third-order valence-corrected chi connectivity index (χ3v) is 3.45. The summed E-state index contributed by atoms with van der Waals surface area (Å²) in [4.78, 5) is 35.0. The van der Waals surface area contributed by atoms with Crippen molar-refractivity contribution in [1.29, 1.82) is 0 Å². The number of rotatable bonds is 5. The topological polar surface area (TPSA) is 129 Å². The van der Waals surface area contributed by atoms with Gasteiger partial charge in [0, 0.05) is 16.8 Å². The van der Waals surface area contributed by atoms with Crippen molar-refractivity contribution in [2.75, 3.05) is 5.32 Å². The van der Waals surface area contributed by atoms with Crippen LogP contribution in [-0.4, -0.2) is 34.9 Å². The van der Waals surface area contributed by atoms with Gasteiger partial charge in [0.1, 0.15) is 5.60 Å². The van der Waals surface area contributed by atoms with Gasteiger partial charge in [-0.3, -0.25) is 20.1 Å². The molecule has 2 rings (SSSR count). The molecule has 0 saturated heterocycles. The smallest absolute Gasteiger partial charge is 0.412 e. The first-order valence-corrected chi connectivity index (χ1v) is 8.66. The van der Waals surface area contributed by atoms with E-state index in [1.165, 1.54) is 36.0 Å². The van der Waals surface area contributed by atoms with Crippen molar-refractivity contribution in [3.63, 3.8) is 0 Å². The average Bonchev–Trinajstić information content (AvgIpc) is 2.67. The predicted molar refractivity (Wildman–Crippen MR) is 107 cm³/mol.